The van der Waals surface area contributed by atoms with Crippen molar-refractivity contribution in [1.29, 1.82) is 0 Å². The van der Waals surface area contributed by atoms with Gasteiger partial charge in [-0.25, -0.2) is 0 Å². The van der Waals surface area contributed by atoms with Crippen LogP contribution in [0.4, 0.5) is 5.69 Å². The van der Waals surface area contributed by atoms with Crippen LogP contribution in [0.3, 0.4) is 0 Å². The third-order valence-corrected chi connectivity index (χ3v) is 4.14. The number of halogens is 1. The van der Waals surface area contributed by atoms with Crippen LogP contribution < -0.4 is 5.32 Å². The van der Waals surface area contributed by atoms with Crippen LogP contribution >= 0.6 is 15.9 Å². The fourth-order valence-electron chi connectivity index (χ4n) is 2.07. The van der Waals surface area contributed by atoms with Crippen LogP contribution in [-0.4, -0.2) is 11.7 Å². The minimum absolute atomic E-state index is 0.245. The van der Waals surface area contributed by atoms with Crippen molar-refractivity contribution in [3.05, 3.63) is 63.6 Å². The van der Waals surface area contributed by atoms with Crippen molar-refractivity contribution < 1.29 is 5.11 Å². The number of rotatable bonds is 6. The Hall–Kier alpha value is -1.32. The summed E-state index contributed by atoms with van der Waals surface area (Å²) >= 11 is 3.56. The Bertz CT molecular complexity index is 569. The van der Waals surface area contributed by atoms with Crippen molar-refractivity contribution in [2.45, 2.75) is 26.3 Å². The molecule has 0 saturated carbocycles. The molecule has 2 aromatic carbocycles. The number of nitrogens with one attached hydrogen (secondary N) is 1. The summed E-state index contributed by atoms with van der Waals surface area (Å²) in [4.78, 5) is 0. The molecule has 0 saturated heterocycles. The highest BCUT2D eigenvalue weighted by Crippen LogP contribution is 2.19. The molecule has 0 unspecified atom stereocenters. The lowest BCUT2D eigenvalue weighted by molar-refractivity contribution is 0.288. The first kappa shape index (κ1) is 15.1. The van der Waals surface area contributed by atoms with E-state index in [1.165, 1.54) is 16.7 Å². The monoisotopic (exact) mass is 333 g/mol. The summed E-state index contributed by atoms with van der Waals surface area (Å²) < 4.78 is 1.15. The van der Waals surface area contributed by atoms with Crippen LogP contribution in [0.15, 0.2) is 46.9 Å². The largest absolute Gasteiger partial charge is 0.396 e. The zero-order valence-corrected chi connectivity index (χ0v) is 13.3. The van der Waals surface area contributed by atoms with Crippen LogP contribution in [0.2, 0.25) is 0 Å². The molecule has 0 radical (unpaired) electrons. The second-order valence-corrected chi connectivity index (χ2v) is 5.82. The van der Waals surface area contributed by atoms with Gasteiger partial charge in [0.05, 0.1) is 0 Å². The molecule has 0 atom stereocenters. The summed E-state index contributed by atoms with van der Waals surface area (Å²) in [6, 6.07) is 14.8. The summed E-state index contributed by atoms with van der Waals surface area (Å²) in [6.45, 7) is 3.14. The van der Waals surface area contributed by atoms with Crippen molar-refractivity contribution in [3.8, 4) is 0 Å². The first-order chi connectivity index (χ1) is 9.69. The van der Waals surface area contributed by atoms with E-state index in [1.807, 2.05) is 0 Å². The fraction of sp³-hybridized carbons (Fsp3) is 0.294. The van der Waals surface area contributed by atoms with E-state index in [4.69, 9.17) is 5.11 Å². The molecule has 0 aliphatic carbocycles. The molecule has 3 heteroatoms. The van der Waals surface area contributed by atoms with E-state index in [0.29, 0.717) is 0 Å². The average molecular weight is 334 g/mol. The Labute approximate surface area is 129 Å². The highest BCUT2D eigenvalue weighted by atomic mass is 79.9. The summed E-state index contributed by atoms with van der Waals surface area (Å²) in [7, 11) is 0. The van der Waals surface area contributed by atoms with Gasteiger partial charge in [0.25, 0.3) is 0 Å². The average Bonchev–Trinajstić information content (AvgIpc) is 2.47. The van der Waals surface area contributed by atoms with Gasteiger partial charge in [-0.1, -0.05) is 40.2 Å². The van der Waals surface area contributed by atoms with Gasteiger partial charge < -0.3 is 10.4 Å². The van der Waals surface area contributed by atoms with Gasteiger partial charge in [0.15, 0.2) is 0 Å². The Kier molecular flexibility index (Phi) is 5.62. The maximum Gasteiger partial charge on any atom is 0.0434 e. The molecule has 0 fully saturated rings. The lowest BCUT2D eigenvalue weighted by Gasteiger charge is -2.09. The van der Waals surface area contributed by atoms with E-state index in [-0.39, 0.29) is 6.61 Å². The zero-order chi connectivity index (χ0) is 14.4. The van der Waals surface area contributed by atoms with Gasteiger partial charge in [-0.05, 0) is 54.7 Å². The third-order valence-electron chi connectivity index (χ3n) is 3.28. The van der Waals surface area contributed by atoms with Gasteiger partial charge in [0, 0.05) is 23.3 Å². The molecule has 2 rings (SSSR count). The van der Waals surface area contributed by atoms with Crippen molar-refractivity contribution in [2.75, 3.05) is 11.9 Å². The number of hydrogen-bond donors (Lipinski definition) is 2. The van der Waals surface area contributed by atoms with Crippen molar-refractivity contribution >= 4 is 21.6 Å². The molecule has 0 heterocycles. The summed E-state index contributed by atoms with van der Waals surface area (Å²) in [5, 5.41) is 12.3. The molecule has 0 aromatic heterocycles. The molecule has 106 valence electrons. The van der Waals surface area contributed by atoms with Gasteiger partial charge in [-0.3, -0.25) is 0 Å². The summed E-state index contributed by atoms with van der Waals surface area (Å²) in [6.07, 6.45) is 1.73. The van der Waals surface area contributed by atoms with Gasteiger partial charge >= 0.3 is 0 Å². The van der Waals surface area contributed by atoms with Gasteiger partial charge in [-0.15, -0.1) is 0 Å². The van der Waals surface area contributed by atoms with E-state index in [1.54, 1.807) is 0 Å². The van der Waals surface area contributed by atoms with E-state index in [9.17, 15) is 0 Å². The summed E-state index contributed by atoms with van der Waals surface area (Å²) in [5.41, 5.74) is 4.88. The molecular formula is C17H20BrNO. The van der Waals surface area contributed by atoms with Crippen LogP contribution in [0.25, 0.3) is 0 Å². The lowest BCUT2D eigenvalue weighted by Crippen LogP contribution is -2.00. The Morgan fingerprint density at radius 2 is 1.95 bits per heavy atom. The van der Waals surface area contributed by atoms with Crippen molar-refractivity contribution in [3.63, 3.8) is 0 Å². The molecule has 0 bridgehead atoms. The smallest absolute Gasteiger partial charge is 0.0434 e. The standard InChI is InChI=1S/C17H20BrNO/c1-13-7-8-15(11-17(13)18)12-19-16-6-2-4-14(10-16)5-3-9-20/h2,4,6-8,10-11,19-20H,3,5,9,12H2,1H3. The van der Waals surface area contributed by atoms with E-state index < -0.39 is 0 Å². The van der Waals surface area contributed by atoms with Crippen LogP contribution in [0, 0.1) is 6.92 Å². The Balaban J connectivity index is 1.97. The number of hydrogen-bond acceptors (Lipinski definition) is 2. The van der Waals surface area contributed by atoms with E-state index in [2.05, 4.69) is 70.6 Å². The summed E-state index contributed by atoms with van der Waals surface area (Å²) in [5.74, 6) is 0. The number of benzene rings is 2. The highest BCUT2D eigenvalue weighted by Gasteiger charge is 1.99. The molecule has 0 aliphatic rings. The molecule has 0 spiro atoms. The predicted octanol–water partition coefficient (Wildman–Crippen LogP) is 4.29. The topological polar surface area (TPSA) is 32.3 Å². The second-order valence-electron chi connectivity index (χ2n) is 4.96. The number of aliphatic hydroxyl groups is 1. The molecule has 20 heavy (non-hydrogen) atoms. The maximum atomic E-state index is 8.88. The third kappa shape index (κ3) is 4.36. The number of aliphatic hydroxyl groups excluding tert-OH is 1. The van der Waals surface area contributed by atoms with Gasteiger partial charge in [0.2, 0.25) is 0 Å². The van der Waals surface area contributed by atoms with Crippen LogP contribution in [0.1, 0.15) is 23.1 Å². The number of aryl methyl sites for hydroxylation is 2. The Morgan fingerprint density at radius 1 is 1.10 bits per heavy atom. The number of anilines is 1. The molecule has 2 N–H and O–H groups in total. The molecular weight excluding hydrogens is 314 g/mol. The lowest BCUT2D eigenvalue weighted by atomic mass is 10.1. The van der Waals surface area contributed by atoms with Gasteiger partial charge in [0.1, 0.15) is 0 Å². The van der Waals surface area contributed by atoms with Crippen molar-refractivity contribution in [1.82, 2.24) is 0 Å². The van der Waals surface area contributed by atoms with Crippen LogP contribution in [-0.2, 0) is 13.0 Å². The fourth-order valence-corrected chi connectivity index (χ4v) is 2.50. The van der Waals surface area contributed by atoms with Crippen molar-refractivity contribution in [2.24, 2.45) is 0 Å². The van der Waals surface area contributed by atoms with E-state index >= 15 is 0 Å². The molecule has 2 aromatic rings. The normalized spacial score (nSPS) is 10.6. The minimum atomic E-state index is 0.245. The van der Waals surface area contributed by atoms with Crippen LogP contribution in [0.5, 0.6) is 0 Å². The van der Waals surface area contributed by atoms with Gasteiger partial charge in [-0.2, -0.15) is 0 Å². The zero-order valence-electron chi connectivity index (χ0n) is 11.7. The molecule has 2 nitrogen and oxygen atoms in total. The highest BCUT2D eigenvalue weighted by molar-refractivity contribution is 9.10. The minimum Gasteiger partial charge on any atom is -0.396 e. The Morgan fingerprint density at radius 3 is 2.70 bits per heavy atom. The van der Waals surface area contributed by atoms with E-state index in [0.717, 1.165) is 29.5 Å². The SMILES string of the molecule is Cc1ccc(CNc2cccc(CCCO)c2)cc1Br. The molecule has 0 amide bonds. The first-order valence-corrected chi connectivity index (χ1v) is 7.67. The second kappa shape index (κ2) is 7.46. The predicted molar refractivity (Wildman–Crippen MR) is 88.1 cm³/mol. The first-order valence-electron chi connectivity index (χ1n) is 6.88. The molecule has 0 aliphatic heterocycles. The maximum absolute atomic E-state index is 8.88. The quantitative estimate of drug-likeness (QED) is 0.826.